The number of carbonyl (C=O) groups is 1. The fraction of sp³-hybridized carbons (Fsp3) is 0.391. The molecule has 2 aromatic carbocycles. The Kier molecular flexibility index (Phi) is 6.56. The summed E-state index contributed by atoms with van der Waals surface area (Å²) < 4.78 is 6.91. The van der Waals surface area contributed by atoms with Crippen LogP contribution in [0.3, 0.4) is 0 Å². The van der Waals surface area contributed by atoms with Gasteiger partial charge in [-0.25, -0.2) is 0 Å². The molecule has 7 nitrogen and oxygen atoms in total. The van der Waals surface area contributed by atoms with Crippen molar-refractivity contribution in [2.45, 2.75) is 43.8 Å². The number of thioether (sulfide) groups is 1. The second kappa shape index (κ2) is 9.51. The summed E-state index contributed by atoms with van der Waals surface area (Å²) in [5.41, 5.74) is 3.25. The van der Waals surface area contributed by atoms with Crippen LogP contribution in [0.15, 0.2) is 53.7 Å². The van der Waals surface area contributed by atoms with E-state index in [-0.39, 0.29) is 17.7 Å². The number of methoxy groups -OCH3 is 1. The molecule has 4 rings (SSSR count). The molecule has 0 spiro atoms. The van der Waals surface area contributed by atoms with Crippen molar-refractivity contribution in [2.24, 2.45) is 5.92 Å². The van der Waals surface area contributed by atoms with Crippen LogP contribution in [-0.4, -0.2) is 39.0 Å². The molecule has 162 valence electrons. The summed E-state index contributed by atoms with van der Waals surface area (Å²) in [6.07, 6.45) is 2.27. The van der Waals surface area contributed by atoms with Crippen LogP contribution in [0.1, 0.15) is 49.8 Å². The molecule has 1 saturated carbocycles. The Bertz CT molecular complexity index is 1010. The number of carbonyl (C=O) groups excluding carboxylic acids is 1. The third-order valence-corrected chi connectivity index (χ3v) is 6.38. The fourth-order valence-corrected chi connectivity index (χ4v) is 4.19. The predicted molar refractivity (Wildman–Crippen MR) is 121 cm³/mol. The molecule has 1 aliphatic rings. The number of tetrazole rings is 1. The predicted octanol–water partition coefficient (Wildman–Crippen LogP) is 4.15. The van der Waals surface area contributed by atoms with Gasteiger partial charge in [-0.2, -0.15) is 4.68 Å². The molecular weight excluding hydrogens is 410 g/mol. The van der Waals surface area contributed by atoms with Crippen LogP contribution in [-0.2, 0) is 4.79 Å². The van der Waals surface area contributed by atoms with Crippen molar-refractivity contribution in [3.8, 4) is 11.4 Å². The van der Waals surface area contributed by atoms with Gasteiger partial charge in [0, 0.05) is 0 Å². The van der Waals surface area contributed by atoms with E-state index >= 15 is 0 Å². The minimum Gasteiger partial charge on any atom is -0.497 e. The first-order valence-corrected chi connectivity index (χ1v) is 11.5. The van der Waals surface area contributed by atoms with Gasteiger partial charge < -0.3 is 10.1 Å². The average molecular weight is 438 g/mol. The largest absolute Gasteiger partial charge is 0.497 e. The molecule has 1 N–H and O–H groups in total. The molecule has 8 heteroatoms. The van der Waals surface area contributed by atoms with Crippen LogP contribution in [0.4, 0.5) is 0 Å². The molecule has 0 aliphatic heterocycles. The molecule has 1 unspecified atom stereocenters. The topological polar surface area (TPSA) is 81.9 Å². The zero-order chi connectivity index (χ0) is 21.8. The standard InChI is InChI=1S/C23H27N5O2S/c1-15(2)16-6-10-19(11-7-16)28-23(25-26-27-28)31-14-21(29)24-22(17-4-5-17)18-8-12-20(30-3)13-9-18/h6-13,15,17,22H,4-5,14H2,1-3H3,(H,24,29). The van der Waals surface area contributed by atoms with Gasteiger partial charge in [-0.15, -0.1) is 5.10 Å². The summed E-state index contributed by atoms with van der Waals surface area (Å²) >= 11 is 1.34. The van der Waals surface area contributed by atoms with Gasteiger partial charge in [0.1, 0.15) is 5.75 Å². The third kappa shape index (κ3) is 5.25. The number of aromatic nitrogens is 4. The maximum atomic E-state index is 12.7. The van der Waals surface area contributed by atoms with E-state index in [2.05, 4.69) is 46.8 Å². The van der Waals surface area contributed by atoms with Crippen molar-refractivity contribution in [1.29, 1.82) is 0 Å². The second-order valence-corrected chi connectivity index (χ2v) is 9.01. The normalized spacial score (nSPS) is 14.5. The van der Waals surface area contributed by atoms with E-state index in [1.54, 1.807) is 11.8 Å². The van der Waals surface area contributed by atoms with Crippen molar-refractivity contribution >= 4 is 17.7 Å². The molecule has 0 radical (unpaired) electrons. The van der Waals surface area contributed by atoms with E-state index in [1.807, 2.05) is 36.4 Å². The first-order valence-electron chi connectivity index (χ1n) is 10.5. The van der Waals surface area contributed by atoms with Crippen molar-refractivity contribution in [2.75, 3.05) is 12.9 Å². The Morgan fingerprint density at radius 2 is 1.81 bits per heavy atom. The summed E-state index contributed by atoms with van der Waals surface area (Å²) in [7, 11) is 1.65. The Morgan fingerprint density at radius 3 is 2.42 bits per heavy atom. The van der Waals surface area contributed by atoms with Gasteiger partial charge >= 0.3 is 0 Å². The highest BCUT2D eigenvalue weighted by atomic mass is 32.2. The summed E-state index contributed by atoms with van der Waals surface area (Å²) in [5, 5.41) is 15.8. The molecule has 0 bridgehead atoms. The molecule has 1 atom stereocenters. The van der Waals surface area contributed by atoms with Gasteiger partial charge in [0.25, 0.3) is 0 Å². The molecule has 1 fully saturated rings. The molecule has 1 heterocycles. The van der Waals surface area contributed by atoms with E-state index in [4.69, 9.17) is 4.74 Å². The number of rotatable bonds is 9. The summed E-state index contributed by atoms with van der Waals surface area (Å²) in [4.78, 5) is 12.7. The molecule has 0 saturated heterocycles. The van der Waals surface area contributed by atoms with Gasteiger partial charge in [-0.3, -0.25) is 4.79 Å². The molecule has 1 aromatic heterocycles. The van der Waals surface area contributed by atoms with Gasteiger partial charge in [0.15, 0.2) is 0 Å². The zero-order valence-corrected chi connectivity index (χ0v) is 18.8. The number of hydrogen-bond acceptors (Lipinski definition) is 6. The van der Waals surface area contributed by atoms with Crippen molar-refractivity contribution in [3.05, 3.63) is 59.7 Å². The van der Waals surface area contributed by atoms with Crippen LogP contribution in [0.25, 0.3) is 5.69 Å². The van der Waals surface area contributed by atoms with Gasteiger partial charge in [0.2, 0.25) is 11.1 Å². The van der Waals surface area contributed by atoms with Gasteiger partial charge in [-0.05, 0) is 70.5 Å². The number of nitrogens with one attached hydrogen (secondary N) is 1. The Hall–Kier alpha value is -2.87. The van der Waals surface area contributed by atoms with Crippen molar-refractivity contribution in [3.63, 3.8) is 0 Å². The molecule has 31 heavy (non-hydrogen) atoms. The van der Waals surface area contributed by atoms with Crippen molar-refractivity contribution in [1.82, 2.24) is 25.5 Å². The Labute approximate surface area is 186 Å². The fourth-order valence-electron chi connectivity index (χ4n) is 3.49. The maximum absolute atomic E-state index is 12.7. The van der Waals surface area contributed by atoms with E-state index in [9.17, 15) is 4.79 Å². The third-order valence-electron chi connectivity index (χ3n) is 5.46. The van der Waals surface area contributed by atoms with E-state index in [1.165, 1.54) is 17.3 Å². The maximum Gasteiger partial charge on any atom is 0.230 e. The number of nitrogens with zero attached hydrogens (tertiary/aromatic N) is 4. The van der Waals surface area contributed by atoms with E-state index in [0.717, 1.165) is 29.8 Å². The van der Waals surface area contributed by atoms with Crippen LogP contribution >= 0.6 is 11.8 Å². The van der Waals surface area contributed by atoms with Crippen LogP contribution in [0, 0.1) is 5.92 Å². The van der Waals surface area contributed by atoms with Crippen LogP contribution in [0.5, 0.6) is 5.75 Å². The van der Waals surface area contributed by atoms with Crippen molar-refractivity contribution < 1.29 is 9.53 Å². The zero-order valence-electron chi connectivity index (χ0n) is 18.0. The SMILES string of the molecule is COc1ccc(C(NC(=O)CSc2nnnn2-c2ccc(C(C)C)cc2)C2CC2)cc1. The minimum absolute atomic E-state index is 0.0255. The monoisotopic (exact) mass is 437 g/mol. The lowest BCUT2D eigenvalue weighted by atomic mass is 10.0. The smallest absolute Gasteiger partial charge is 0.230 e. The first kappa shape index (κ1) is 21.4. The number of benzene rings is 2. The summed E-state index contributed by atoms with van der Waals surface area (Å²) in [5.74, 6) is 2.00. The lowest BCUT2D eigenvalue weighted by Crippen LogP contribution is -2.31. The lowest BCUT2D eigenvalue weighted by molar-refractivity contribution is -0.119. The molecular formula is C23H27N5O2S. The van der Waals surface area contributed by atoms with Crippen LogP contribution < -0.4 is 10.1 Å². The summed E-state index contributed by atoms with van der Waals surface area (Å²) in [6, 6.07) is 16.1. The number of ether oxygens (including phenoxy) is 1. The van der Waals surface area contributed by atoms with E-state index in [0.29, 0.717) is 17.0 Å². The number of amides is 1. The Morgan fingerprint density at radius 1 is 1.13 bits per heavy atom. The second-order valence-electron chi connectivity index (χ2n) is 8.06. The van der Waals surface area contributed by atoms with Gasteiger partial charge in [0.05, 0.1) is 24.6 Å². The highest BCUT2D eigenvalue weighted by Crippen LogP contribution is 2.41. The molecule has 1 amide bonds. The van der Waals surface area contributed by atoms with E-state index < -0.39 is 0 Å². The first-order chi connectivity index (χ1) is 15.0. The molecule has 1 aliphatic carbocycles. The average Bonchev–Trinajstić information content (AvgIpc) is 3.53. The highest BCUT2D eigenvalue weighted by molar-refractivity contribution is 7.99. The van der Waals surface area contributed by atoms with Crippen LogP contribution in [0.2, 0.25) is 0 Å². The lowest BCUT2D eigenvalue weighted by Gasteiger charge is -2.19. The highest BCUT2D eigenvalue weighted by Gasteiger charge is 2.33. The summed E-state index contributed by atoms with van der Waals surface area (Å²) in [6.45, 7) is 4.32. The van der Waals surface area contributed by atoms with Gasteiger partial charge in [-0.1, -0.05) is 49.9 Å². The quantitative estimate of drug-likeness (QED) is 0.507. The molecule has 3 aromatic rings. The number of hydrogen-bond donors (Lipinski definition) is 1. The minimum atomic E-state index is -0.0255. The Balaban J connectivity index is 1.39.